The minimum atomic E-state index is -3.88. The van der Waals surface area contributed by atoms with E-state index in [1.165, 1.54) is 34.4 Å². The molecule has 7 nitrogen and oxygen atoms in total. The van der Waals surface area contributed by atoms with Crippen molar-refractivity contribution in [3.05, 3.63) is 63.8 Å². The van der Waals surface area contributed by atoms with Gasteiger partial charge in [-0.15, -0.1) is 11.3 Å². The standard InChI is InChI=1S/C20H19N3O4S2/c1-12-4-6-15(7-5-12)29(25,26)27-9-8-23-11-21-17-16-13(2)10-14(3)22-19(16)28-18(17)20(23)24/h4-7,10-11H,8-9H2,1-3H3. The second-order valence-corrected chi connectivity index (χ2v) is 9.49. The van der Waals surface area contributed by atoms with Gasteiger partial charge in [0.2, 0.25) is 0 Å². The van der Waals surface area contributed by atoms with Crippen LogP contribution in [0.25, 0.3) is 20.4 Å². The van der Waals surface area contributed by atoms with Gasteiger partial charge in [-0.3, -0.25) is 13.5 Å². The summed E-state index contributed by atoms with van der Waals surface area (Å²) in [7, 11) is -3.88. The molecule has 0 saturated heterocycles. The van der Waals surface area contributed by atoms with Gasteiger partial charge >= 0.3 is 0 Å². The van der Waals surface area contributed by atoms with E-state index in [9.17, 15) is 13.2 Å². The summed E-state index contributed by atoms with van der Waals surface area (Å²) in [5.41, 5.74) is 3.27. The van der Waals surface area contributed by atoms with Gasteiger partial charge in [-0.25, -0.2) is 9.97 Å². The van der Waals surface area contributed by atoms with E-state index in [0.29, 0.717) is 10.2 Å². The van der Waals surface area contributed by atoms with Crippen molar-refractivity contribution < 1.29 is 12.6 Å². The van der Waals surface area contributed by atoms with Crippen molar-refractivity contribution in [3.63, 3.8) is 0 Å². The predicted molar refractivity (Wildman–Crippen MR) is 113 cm³/mol. The molecular weight excluding hydrogens is 410 g/mol. The fourth-order valence-electron chi connectivity index (χ4n) is 3.18. The molecule has 29 heavy (non-hydrogen) atoms. The number of aryl methyl sites for hydroxylation is 3. The fourth-order valence-corrected chi connectivity index (χ4v) is 5.28. The molecule has 9 heteroatoms. The van der Waals surface area contributed by atoms with Gasteiger partial charge in [0.15, 0.2) is 0 Å². The van der Waals surface area contributed by atoms with Crippen molar-refractivity contribution in [2.75, 3.05) is 6.61 Å². The Morgan fingerprint density at radius 3 is 2.59 bits per heavy atom. The number of rotatable bonds is 5. The van der Waals surface area contributed by atoms with Gasteiger partial charge in [-0.05, 0) is 44.5 Å². The van der Waals surface area contributed by atoms with Crippen LogP contribution in [0.4, 0.5) is 0 Å². The molecule has 0 radical (unpaired) electrons. The summed E-state index contributed by atoms with van der Waals surface area (Å²) in [4.78, 5) is 22.7. The van der Waals surface area contributed by atoms with Gasteiger partial charge in [0, 0.05) is 11.1 Å². The third-order valence-corrected chi connectivity index (χ3v) is 7.01. The van der Waals surface area contributed by atoms with Crippen molar-refractivity contribution in [3.8, 4) is 0 Å². The van der Waals surface area contributed by atoms with Crippen molar-refractivity contribution in [2.24, 2.45) is 0 Å². The number of nitrogens with zero attached hydrogens (tertiary/aromatic N) is 3. The minimum absolute atomic E-state index is 0.0759. The molecule has 0 bridgehead atoms. The molecule has 3 heterocycles. The van der Waals surface area contributed by atoms with E-state index < -0.39 is 10.1 Å². The van der Waals surface area contributed by atoms with Crippen LogP contribution in [0.5, 0.6) is 0 Å². The van der Waals surface area contributed by atoms with Crippen LogP contribution >= 0.6 is 11.3 Å². The van der Waals surface area contributed by atoms with E-state index in [1.54, 1.807) is 12.1 Å². The highest BCUT2D eigenvalue weighted by molar-refractivity contribution is 7.86. The lowest BCUT2D eigenvalue weighted by Gasteiger charge is -2.08. The maximum atomic E-state index is 12.9. The van der Waals surface area contributed by atoms with Crippen LogP contribution < -0.4 is 5.56 Å². The van der Waals surface area contributed by atoms with Crippen molar-refractivity contribution in [1.82, 2.24) is 14.5 Å². The Kier molecular flexibility index (Phi) is 4.97. The summed E-state index contributed by atoms with van der Waals surface area (Å²) in [6.45, 7) is 5.67. The second kappa shape index (κ2) is 7.33. The highest BCUT2D eigenvalue weighted by atomic mass is 32.2. The van der Waals surface area contributed by atoms with Gasteiger partial charge in [-0.2, -0.15) is 8.42 Å². The maximum absolute atomic E-state index is 12.9. The molecule has 4 aromatic rings. The Labute approximate surface area is 171 Å². The molecule has 0 aliphatic heterocycles. The summed E-state index contributed by atoms with van der Waals surface area (Å²) >= 11 is 1.30. The first-order chi connectivity index (χ1) is 13.8. The summed E-state index contributed by atoms with van der Waals surface area (Å²) in [5, 5.41) is 0.887. The molecule has 0 unspecified atom stereocenters. The van der Waals surface area contributed by atoms with E-state index in [-0.39, 0.29) is 23.6 Å². The molecule has 0 N–H and O–H groups in total. The Hall–Kier alpha value is -2.62. The van der Waals surface area contributed by atoms with Gasteiger partial charge in [0.25, 0.3) is 15.7 Å². The van der Waals surface area contributed by atoms with Gasteiger partial charge < -0.3 is 0 Å². The minimum Gasteiger partial charge on any atom is -0.296 e. The Morgan fingerprint density at radius 2 is 1.86 bits per heavy atom. The van der Waals surface area contributed by atoms with Gasteiger partial charge in [0.1, 0.15) is 9.53 Å². The van der Waals surface area contributed by atoms with E-state index in [2.05, 4.69) is 9.97 Å². The largest absolute Gasteiger partial charge is 0.297 e. The number of thiophene rings is 1. The lowest BCUT2D eigenvalue weighted by molar-refractivity contribution is 0.298. The van der Waals surface area contributed by atoms with Crippen LogP contribution in [0.3, 0.4) is 0 Å². The number of pyridine rings is 1. The Balaban J connectivity index is 1.59. The predicted octanol–water partition coefficient (Wildman–Crippen LogP) is 3.34. The zero-order chi connectivity index (χ0) is 20.8. The molecule has 1 aromatic carbocycles. The van der Waals surface area contributed by atoms with Crippen LogP contribution in [-0.4, -0.2) is 29.6 Å². The van der Waals surface area contributed by atoms with Crippen LogP contribution in [0, 0.1) is 20.8 Å². The van der Waals surface area contributed by atoms with Gasteiger partial charge in [-0.1, -0.05) is 17.7 Å². The lowest BCUT2D eigenvalue weighted by Crippen LogP contribution is -2.23. The third kappa shape index (κ3) is 3.68. The van der Waals surface area contributed by atoms with E-state index in [1.807, 2.05) is 26.8 Å². The van der Waals surface area contributed by atoms with E-state index in [0.717, 1.165) is 27.0 Å². The SMILES string of the molecule is Cc1ccc(S(=O)(=O)OCCn2cnc3c(sc4nc(C)cc(C)c43)c2=O)cc1. The molecule has 0 atom stereocenters. The molecule has 0 aliphatic carbocycles. The van der Waals surface area contributed by atoms with E-state index >= 15 is 0 Å². The first-order valence-corrected chi connectivity index (χ1v) is 11.2. The number of fused-ring (bicyclic) bond motifs is 3. The quantitative estimate of drug-likeness (QED) is 0.452. The maximum Gasteiger partial charge on any atom is 0.297 e. The van der Waals surface area contributed by atoms with Gasteiger partial charge in [0.05, 0.1) is 29.9 Å². The first kappa shape index (κ1) is 19.7. The van der Waals surface area contributed by atoms with Crippen molar-refractivity contribution >= 4 is 41.9 Å². The van der Waals surface area contributed by atoms with Crippen LogP contribution in [0.2, 0.25) is 0 Å². The zero-order valence-corrected chi connectivity index (χ0v) is 17.8. The van der Waals surface area contributed by atoms with Crippen LogP contribution in [0.1, 0.15) is 16.8 Å². The summed E-state index contributed by atoms with van der Waals surface area (Å²) in [6.07, 6.45) is 1.43. The molecule has 150 valence electrons. The topological polar surface area (TPSA) is 91.2 Å². The smallest absolute Gasteiger partial charge is 0.296 e. The zero-order valence-electron chi connectivity index (χ0n) is 16.2. The average molecular weight is 430 g/mol. The summed E-state index contributed by atoms with van der Waals surface area (Å²) in [6, 6.07) is 8.37. The number of hydrogen-bond acceptors (Lipinski definition) is 7. The summed E-state index contributed by atoms with van der Waals surface area (Å²) < 4.78 is 31.5. The molecule has 0 spiro atoms. The number of aromatic nitrogens is 3. The third-order valence-electron chi connectivity index (χ3n) is 4.62. The molecule has 0 aliphatic rings. The molecule has 4 rings (SSSR count). The number of benzene rings is 1. The highest BCUT2D eigenvalue weighted by Crippen LogP contribution is 2.31. The average Bonchev–Trinajstić information content (AvgIpc) is 3.03. The Morgan fingerprint density at radius 1 is 1.14 bits per heavy atom. The fraction of sp³-hybridized carbons (Fsp3) is 0.250. The van der Waals surface area contributed by atoms with Crippen molar-refractivity contribution in [1.29, 1.82) is 0 Å². The first-order valence-electron chi connectivity index (χ1n) is 8.98. The second-order valence-electron chi connectivity index (χ2n) is 6.87. The molecule has 0 amide bonds. The molecule has 3 aromatic heterocycles. The van der Waals surface area contributed by atoms with Crippen LogP contribution in [-0.2, 0) is 20.8 Å². The van der Waals surface area contributed by atoms with Crippen molar-refractivity contribution in [2.45, 2.75) is 32.2 Å². The molecule has 0 saturated carbocycles. The molecular formula is C20H19N3O4S2. The lowest BCUT2D eigenvalue weighted by atomic mass is 10.1. The highest BCUT2D eigenvalue weighted by Gasteiger charge is 2.17. The summed E-state index contributed by atoms with van der Waals surface area (Å²) in [5.74, 6) is 0. The normalized spacial score (nSPS) is 12.1. The molecule has 0 fully saturated rings. The Bertz CT molecular complexity index is 1390. The number of hydrogen-bond donors (Lipinski definition) is 0. The monoisotopic (exact) mass is 429 g/mol. The van der Waals surface area contributed by atoms with E-state index in [4.69, 9.17) is 4.18 Å². The van der Waals surface area contributed by atoms with Crippen LogP contribution in [0.15, 0.2) is 46.3 Å².